The highest BCUT2D eigenvalue weighted by atomic mass is 16.1. The van der Waals surface area contributed by atoms with Crippen molar-refractivity contribution in [2.45, 2.75) is 77.7 Å². The summed E-state index contributed by atoms with van der Waals surface area (Å²) in [5, 5.41) is 3.08. The van der Waals surface area contributed by atoms with E-state index >= 15 is 0 Å². The van der Waals surface area contributed by atoms with Crippen molar-refractivity contribution in [1.82, 2.24) is 5.32 Å². The van der Waals surface area contributed by atoms with E-state index < -0.39 is 0 Å². The van der Waals surface area contributed by atoms with E-state index in [1.54, 1.807) is 0 Å². The van der Waals surface area contributed by atoms with Gasteiger partial charge in [0.1, 0.15) is 0 Å². The molecule has 0 spiro atoms. The molecular formula is C16H32N2O. The third-order valence-electron chi connectivity index (χ3n) is 4.09. The fourth-order valence-electron chi connectivity index (χ4n) is 2.85. The van der Waals surface area contributed by atoms with E-state index in [0.29, 0.717) is 0 Å². The Morgan fingerprint density at radius 1 is 1.21 bits per heavy atom. The maximum atomic E-state index is 12.0. The lowest BCUT2D eigenvalue weighted by atomic mass is 9.85. The summed E-state index contributed by atoms with van der Waals surface area (Å²) in [6.45, 7) is 5.39. The summed E-state index contributed by atoms with van der Waals surface area (Å²) in [6.07, 6.45) is 10.4. The average molecular weight is 268 g/mol. The van der Waals surface area contributed by atoms with Crippen LogP contribution in [0.3, 0.4) is 0 Å². The molecule has 2 atom stereocenters. The smallest absolute Gasteiger partial charge is 0.223 e. The van der Waals surface area contributed by atoms with Gasteiger partial charge in [0.2, 0.25) is 5.91 Å². The van der Waals surface area contributed by atoms with Crippen molar-refractivity contribution in [1.29, 1.82) is 0 Å². The molecule has 19 heavy (non-hydrogen) atoms. The Morgan fingerprint density at radius 2 is 1.95 bits per heavy atom. The van der Waals surface area contributed by atoms with Crippen LogP contribution in [-0.4, -0.2) is 18.5 Å². The van der Waals surface area contributed by atoms with Crippen LogP contribution in [0, 0.1) is 11.8 Å². The van der Waals surface area contributed by atoms with Gasteiger partial charge in [0.05, 0.1) is 0 Å². The zero-order valence-corrected chi connectivity index (χ0v) is 12.8. The van der Waals surface area contributed by atoms with Gasteiger partial charge in [-0.1, -0.05) is 46.0 Å². The minimum absolute atomic E-state index is 0.171. The molecule has 0 saturated heterocycles. The number of amides is 1. The number of carbonyl (C=O) groups is 1. The molecule has 3 nitrogen and oxygen atoms in total. The molecule has 1 amide bonds. The van der Waals surface area contributed by atoms with Crippen molar-refractivity contribution in [2.24, 2.45) is 17.6 Å². The van der Waals surface area contributed by atoms with E-state index in [1.807, 2.05) is 0 Å². The highest BCUT2D eigenvalue weighted by Crippen LogP contribution is 2.23. The van der Waals surface area contributed by atoms with E-state index in [0.717, 1.165) is 44.6 Å². The lowest BCUT2D eigenvalue weighted by Gasteiger charge is -2.25. The number of rotatable bonds is 8. The first-order valence-electron chi connectivity index (χ1n) is 8.13. The summed E-state index contributed by atoms with van der Waals surface area (Å²) in [5.41, 5.74) is 5.92. The number of hydrogen-bond donors (Lipinski definition) is 2. The molecule has 0 radical (unpaired) electrons. The maximum absolute atomic E-state index is 12.0. The van der Waals surface area contributed by atoms with Crippen LogP contribution in [0.5, 0.6) is 0 Å². The maximum Gasteiger partial charge on any atom is 0.223 e. The summed E-state index contributed by atoms with van der Waals surface area (Å²) < 4.78 is 0. The summed E-state index contributed by atoms with van der Waals surface area (Å²) >= 11 is 0. The number of carbonyl (C=O) groups excluding carboxylic acids is 1. The largest absolute Gasteiger partial charge is 0.356 e. The normalized spacial score (nSPS) is 23.6. The third-order valence-corrected chi connectivity index (χ3v) is 4.09. The van der Waals surface area contributed by atoms with Gasteiger partial charge in [0.15, 0.2) is 0 Å². The van der Waals surface area contributed by atoms with Crippen molar-refractivity contribution in [3.8, 4) is 0 Å². The van der Waals surface area contributed by atoms with E-state index in [-0.39, 0.29) is 17.9 Å². The van der Waals surface area contributed by atoms with Crippen LogP contribution >= 0.6 is 0 Å². The lowest BCUT2D eigenvalue weighted by molar-refractivity contribution is -0.126. The van der Waals surface area contributed by atoms with Gasteiger partial charge in [-0.3, -0.25) is 4.79 Å². The zero-order valence-electron chi connectivity index (χ0n) is 12.8. The summed E-state index contributed by atoms with van der Waals surface area (Å²) in [5.74, 6) is 1.22. The Hall–Kier alpha value is -0.570. The fraction of sp³-hybridized carbons (Fsp3) is 0.938. The molecule has 0 aromatic heterocycles. The quantitative estimate of drug-likeness (QED) is 0.664. The Labute approximate surface area is 118 Å². The number of hydrogen-bond acceptors (Lipinski definition) is 2. The van der Waals surface area contributed by atoms with Gasteiger partial charge in [-0.05, 0) is 31.6 Å². The standard InChI is InChI=1S/C16H32N2O/c1-13(2)8-5-3-4-6-11-18-16(19)14-9-7-10-15(17)12-14/h13-15H,3-12,17H2,1-2H3,(H,18,19). The van der Waals surface area contributed by atoms with Crippen LogP contribution in [0.4, 0.5) is 0 Å². The predicted octanol–water partition coefficient (Wildman–Crippen LogP) is 3.23. The van der Waals surface area contributed by atoms with Crippen LogP contribution in [0.2, 0.25) is 0 Å². The molecule has 1 aliphatic carbocycles. The Kier molecular flexibility index (Phi) is 8.11. The van der Waals surface area contributed by atoms with Crippen molar-refractivity contribution in [3.63, 3.8) is 0 Å². The fourth-order valence-corrected chi connectivity index (χ4v) is 2.85. The van der Waals surface area contributed by atoms with Crippen LogP contribution in [-0.2, 0) is 4.79 Å². The van der Waals surface area contributed by atoms with Crippen molar-refractivity contribution >= 4 is 5.91 Å². The highest BCUT2D eigenvalue weighted by Gasteiger charge is 2.24. The second kappa shape index (κ2) is 9.35. The average Bonchev–Trinajstić information content (AvgIpc) is 2.37. The molecule has 3 N–H and O–H groups in total. The topological polar surface area (TPSA) is 55.1 Å². The molecule has 3 heteroatoms. The molecule has 112 valence electrons. The monoisotopic (exact) mass is 268 g/mol. The SMILES string of the molecule is CC(C)CCCCCCNC(=O)C1CCCC(N)C1. The Bertz CT molecular complexity index is 253. The van der Waals surface area contributed by atoms with E-state index in [4.69, 9.17) is 5.73 Å². The number of unbranched alkanes of at least 4 members (excludes halogenated alkanes) is 3. The van der Waals surface area contributed by atoms with E-state index in [1.165, 1.54) is 25.7 Å². The Morgan fingerprint density at radius 3 is 2.63 bits per heavy atom. The lowest BCUT2D eigenvalue weighted by Crippen LogP contribution is -2.38. The summed E-state index contributed by atoms with van der Waals surface area (Å²) in [7, 11) is 0. The highest BCUT2D eigenvalue weighted by molar-refractivity contribution is 5.78. The van der Waals surface area contributed by atoms with E-state index in [2.05, 4.69) is 19.2 Å². The molecule has 2 unspecified atom stereocenters. The van der Waals surface area contributed by atoms with Crippen molar-refractivity contribution in [3.05, 3.63) is 0 Å². The zero-order chi connectivity index (χ0) is 14.1. The van der Waals surface area contributed by atoms with Gasteiger partial charge in [0, 0.05) is 18.5 Å². The molecule has 0 aliphatic heterocycles. The Balaban J connectivity index is 1.98. The second-order valence-electron chi connectivity index (χ2n) is 6.51. The molecule has 1 fully saturated rings. The molecule has 0 aromatic carbocycles. The van der Waals surface area contributed by atoms with Crippen molar-refractivity contribution < 1.29 is 4.79 Å². The van der Waals surface area contributed by atoms with Crippen LogP contribution in [0.25, 0.3) is 0 Å². The van der Waals surface area contributed by atoms with Gasteiger partial charge in [0.25, 0.3) is 0 Å². The number of nitrogens with one attached hydrogen (secondary N) is 1. The van der Waals surface area contributed by atoms with Gasteiger partial charge in [-0.2, -0.15) is 0 Å². The van der Waals surface area contributed by atoms with Gasteiger partial charge < -0.3 is 11.1 Å². The number of nitrogens with two attached hydrogens (primary N) is 1. The van der Waals surface area contributed by atoms with E-state index in [9.17, 15) is 4.79 Å². The van der Waals surface area contributed by atoms with Gasteiger partial charge >= 0.3 is 0 Å². The molecular weight excluding hydrogens is 236 g/mol. The van der Waals surface area contributed by atoms with Crippen LogP contribution < -0.4 is 11.1 Å². The minimum atomic E-state index is 0.171. The molecule has 1 aliphatic rings. The first-order chi connectivity index (χ1) is 9.09. The molecule has 0 heterocycles. The molecule has 0 bridgehead atoms. The van der Waals surface area contributed by atoms with Crippen LogP contribution in [0.15, 0.2) is 0 Å². The van der Waals surface area contributed by atoms with Crippen LogP contribution in [0.1, 0.15) is 71.6 Å². The predicted molar refractivity (Wildman–Crippen MR) is 80.9 cm³/mol. The second-order valence-corrected chi connectivity index (χ2v) is 6.51. The van der Waals surface area contributed by atoms with Crippen molar-refractivity contribution in [2.75, 3.05) is 6.54 Å². The summed E-state index contributed by atoms with van der Waals surface area (Å²) in [6, 6.07) is 0.237. The molecule has 1 saturated carbocycles. The summed E-state index contributed by atoms with van der Waals surface area (Å²) in [4.78, 5) is 12.0. The molecule has 1 rings (SSSR count). The van der Waals surface area contributed by atoms with Gasteiger partial charge in [-0.15, -0.1) is 0 Å². The first kappa shape index (κ1) is 16.5. The first-order valence-corrected chi connectivity index (χ1v) is 8.13. The van der Waals surface area contributed by atoms with Gasteiger partial charge in [-0.25, -0.2) is 0 Å². The minimum Gasteiger partial charge on any atom is -0.356 e. The molecule has 0 aromatic rings. The third kappa shape index (κ3) is 7.56.